The maximum atomic E-state index is 12.0. The Morgan fingerprint density at radius 3 is 1.91 bits per heavy atom. The summed E-state index contributed by atoms with van der Waals surface area (Å²) >= 11 is 0. The lowest BCUT2D eigenvalue weighted by molar-refractivity contribution is -0.145. The third-order valence-corrected chi connectivity index (χ3v) is 5.23. The van der Waals surface area contributed by atoms with Crippen LogP contribution < -0.4 is 4.90 Å². The molecule has 1 saturated heterocycles. The van der Waals surface area contributed by atoms with Gasteiger partial charge >= 0.3 is 11.9 Å². The normalized spacial score (nSPS) is 13.9. The first-order valence-corrected chi connectivity index (χ1v) is 11.8. The molecule has 0 unspecified atom stereocenters. The molecule has 0 atom stereocenters. The van der Waals surface area contributed by atoms with Crippen molar-refractivity contribution in [3.8, 4) is 0 Å². The van der Waals surface area contributed by atoms with Crippen LogP contribution in [0.25, 0.3) is 0 Å². The van der Waals surface area contributed by atoms with E-state index in [0.717, 1.165) is 37.9 Å². The Morgan fingerprint density at radius 1 is 0.829 bits per heavy atom. The third kappa shape index (κ3) is 12.5. The molecule has 35 heavy (non-hydrogen) atoms. The van der Waals surface area contributed by atoms with Gasteiger partial charge in [0.25, 0.3) is 0 Å². The molecule has 0 saturated carbocycles. The molecule has 10 heteroatoms. The van der Waals surface area contributed by atoms with Gasteiger partial charge in [0.05, 0.1) is 46.1 Å². The number of anilines is 1. The second-order valence-electron chi connectivity index (χ2n) is 7.66. The van der Waals surface area contributed by atoms with Gasteiger partial charge in [0, 0.05) is 50.1 Å². The van der Waals surface area contributed by atoms with Gasteiger partial charge in [0.2, 0.25) is 6.29 Å². The molecule has 1 aromatic carbocycles. The molecule has 0 spiro atoms. The maximum Gasteiger partial charge on any atom is 0.330 e. The monoisotopic (exact) mass is 491 g/mol. The number of hydrogen-bond donors (Lipinski definition) is 0. The predicted octanol–water partition coefficient (Wildman–Crippen LogP) is 0.979. The molecular formula is C25H35N2O8. The summed E-state index contributed by atoms with van der Waals surface area (Å²) in [5.41, 5.74) is 1.64. The standard InChI is InChI=1S/C25H35N2O8/c1-2-24(29)34-19-17-32-15-13-31-14-16-33-18-20-35-25(30)7-8-26-9-11-27(12-10-26)23-5-3-22(21-28)4-6-23/h2-6H,1,7-20H2. The molecular weight excluding hydrogens is 456 g/mol. The summed E-state index contributed by atoms with van der Waals surface area (Å²) in [6.07, 6.45) is 3.33. The molecule has 1 aliphatic rings. The zero-order chi connectivity index (χ0) is 25.1. The topological polar surface area (TPSA) is 104 Å². The first-order valence-electron chi connectivity index (χ1n) is 11.8. The number of hydrogen-bond acceptors (Lipinski definition) is 10. The Kier molecular flexibility index (Phi) is 14.3. The molecule has 0 bridgehead atoms. The number of benzene rings is 1. The second-order valence-corrected chi connectivity index (χ2v) is 7.66. The molecule has 1 radical (unpaired) electrons. The van der Waals surface area contributed by atoms with Gasteiger partial charge in [0.15, 0.2) is 0 Å². The van der Waals surface area contributed by atoms with Crippen molar-refractivity contribution in [3.05, 3.63) is 42.5 Å². The minimum atomic E-state index is -0.471. The van der Waals surface area contributed by atoms with E-state index in [0.29, 0.717) is 58.2 Å². The van der Waals surface area contributed by atoms with Crippen LogP contribution in [0, 0.1) is 0 Å². The van der Waals surface area contributed by atoms with Gasteiger partial charge in [-0.05, 0) is 24.3 Å². The summed E-state index contributed by atoms with van der Waals surface area (Å²) < 4.78 is 26.0. The number of ether oxygens (including phenoxy) is 5. The van der Waals surface area contributed by atoms with Gasteiger partial charge in [-0.15, -0.1) is 0 Å². The van der Waals surface area contributed by atoms with Crippen LogP contribution >= 0.6 is 0 Å². The zero-order valence-corrected chi connectivity index (χ0v) is 20.2. The number of esters is 2. The van der Waals surface area contributed by atoms with Crippen molar-refractivity contribution < 1.29 is 38.1 Å². The average Bonchev–Trinajstić information content (AvgIpc) is 2.90. The van der Waals surface area contributed by atoms with Crippen molar-refractivity contribution in [2.75, 3.05) is 90.5 Å². The van der Waals surface area contributed by atoms with Gasteiger partial charge in [0.1, 0.15) is 13.2 Å². The molecule has 0 aromatic heterocycles. The van der Waals surface area contributed by atoms with Crippen molar-refractivity contribution in [1.29, 1.82) is 0 Å². The predicted molar refractivity (Wildman–Crippen MR) is 129 cm³/mol. The maximum absolute atomic E-state index is 12.0. The van der Waals surface area contributed by atoms with Crippen LogP contribution in [0.3, 0.4) is 0 Å². The summed E-state index contributed by atoms with van der Waals surface area (Å²) in [6, 6.07) is 7.41. The van der Waals surface area contributed by atoms with Gasteiger partial charge in [-0.2, -0.15) is 0 Å². The van der Waals surface area contributed by atoms with Crippen molar-refractivity contribution in [2.45, 2.75) is 6.42 Å². The quantitative estimate of drug-likeness (QED) is 0.168. The molecule has 193 valence electrons. The van der Waals surface area contributed by atoms with Crippen LogP contribution in [0.5, 0.6) is 0 Å². The van der Waals surface area contributed by atoms with Crippen LogP contribution in [0.2, 0.25) is 0 Å². The first-order chi connectivity index (χ1) is 17.1. The fourth-order valence-corrected chi connectivity index (χ4v) is 3.31. The molecule has 10 nitrogen and oxygen atoms in total. The van der Waals surface area contributed by atoms with Crippen LogP contribution in [0.1, 0.15) is 12.0 Å². The van der Waals surface area contributed by atoms with Crippen molar-refractivity contribution in [1.82, 2.24) is 4.90 Å². The lowest BCUT2D eigenvalue weighted by atomic mass is 10.2. The fraction of sp³-hybridized carbons (Fsp3) is 0.560. The number of piperazine rings is 1. The minimum absolute atomic E-state index is 0.182. The third-order valence-electron chi connectivity index (χ3n) is 5.23. The number of carbonyl (C=O) groups is 2. The van der Waals surface area contributed by atoms with E-state index in [2.05, 4.69) is 16.4 Å². The van der Waals surface area contributed by atoms with E-state index in [4.69, 9.17) is 23.7 Å². The Bertz CT molecular complexity index is 763. The highest BCUT2D eigenvalue weighted by atomic mass is 16.6. The number of rotatable bonds is 18. The van der Waals surface area contributed by atoms with E-state index in [-0.39, 0.29) is 19.2 Å². The highest BCUT2D eigenvalue weighted by Crippen LogP contribution is 2.17. The van der Waals surface area contributed by atoms with Crippen LogP contribution in [-0.4, -0.2) is 109 Å². The zero-order valence-electron chi connectivity index (χ0n) is 20.2. The molecule has 0 N–H and O–H groups in total. The van der Waals surface area contributed by atoms with E-state index in [1.165, 1.54) is 0 Å². The average molecular weight is 492 g/mol. The summed E-state index contributed by atoms with van der Waals surface area (Å²) in [4.78, 5) is 37.9. The summed E-state index contributed by atoms with van der Waals surface area (Å²) in [5.74, 6) is -0.703. The summed E-state index contributed by atoms with van der Waals surface area (Å²) in [6.45, 7) is 10.1. The number of nitrogens with zero attached hydrogens (tertiary/aromatic N) is 2. The van der Waals surface area contributed by atoms with E-state index >= 15 is 0 Å². The fourth-order valence-electron chi connectivity index (χ4n) is 3.31. The largest absolute Gasteiger partial charge is 0.463 e. The Balaban J connectivity index is 1.38. The molecule has 2 rings (SSSR count). The highest BCUT2D eigenvalue weighted by Gasteiger charge is 2.18. The smallest absolute Gasteiger partial charge is 0.330 e. The van der Waals surface area contributed by atoms with Crippen LogP contribution in [0.15, 0.2) is 36.9 Å². The Labute approximate surface area is 206 Å². The van der Waals surface area contributed by atoms with Gasteiger partial charge in [-0.25, -0.2) is 4.79 Å². The molecule has 0 amide bonds. The highest BCUT2D eigenvalue weighted by molar-refractivity contribution is 5.81. The molecule has 1 aliphatic heterocycles. The second kappa shape index (κ2) is 17.6. The first kappa shape index (κ1) is 28.4. The van der Waals surface area contributed by atoms with E-state index in [1.54, 1.807) is 12.1 Å². The minimum Gasteiger partial charge on any atom is -0.463 e. The van der Waals surface area contributed by atoms with E-state index in [1.807, 2.05) is 18.4 Å². The summed E-state index contributed by atoms with van der Waals surface area (Å²) in [5, 5.41) is 0. The van der Waals surface area contributed by atoms with Crippen LogP contribution in [0.4, 0.5) is 5.69 Å². The van der Waals surface area contributed by atoms with E-state index in [9.17, 15) is 14.4 Å². The lowest BCUT2D eigenvalue weighted by Crippen LogP contribution is -2.47. The SMILES string of the molecule is C=CC(=O)OCCOCCOCCOCCOC(=O)CCN1CCN(c2ccc([C]=O)cc2)CC1. The van der Waals surface area contributed by atoms with Crippen LogP contribution in [-0.2, 0) is 38.1 Å². The van der Waals surface area contributed by atoms with Crippen molar-refractivity contribution >= 4 is 23.9 Å². The molecule has 1 aromatic rings. The van der Waals surface area contributed by atoms with Crippen molar-refractivity contribution in [2.24, 2.45) is 0 Å². The van der Waals surface area contributed by atoms with Gasteiger partial charge in [-0.3, -0.25) is 14.5 Å². The van der Waals surface area contributed by atoms with Gasteiger partial charge < -0.3 is 28.6 Å². The Hall–Kier alpha value is -2.79. The summed E-state index contributed by atoms with van der Waals surface area (Å²) in [7, 11) is 0. The van der Waals surface area contributed by atoms with Crippen molar-refractivity contribution in [3.63, 3.8) is 0 Å². The molecule has 1 heterocycles. The van der Waals surface area contributed by atoms with Gasteiger partial charge in [-0.1, -0.05) is 6.58 Å². The molecule has 0 aliphatic carbocycles. The molecule has 1 fully saturated rings. The Morgan fingerprint density at radius 2 is 1.37 bits per heavy atom. The van der Waals surface area contributed by atoms with E-state index < -0.39 is 5.97 Å². The lowest BCUT2D eigenvalue weighted by Gasteiger charge is -2.36. The number of carbonyl (C=O) groups excluding carboxylic acids is 3.